The Morgan fingerprint density at radius 2 is 2.00 bits per heavy atom. The third kappa shape index (κ3) is 2.45. The van der Waals surface area contributed by atoms with Gasteiger partial charge in [0, 0.05) is 19.2 Å². The average molecular weight is 336 g/mol. The van der Waals surface area contributed by atoms with E-state index in [1.165, 1.54) is 4.88 Å². The van der Waals surface area contributed by atoms with Gasteiger partial charge in [0.05, 0.1) is 5.38 Å². The molecule has 1 heterocycles. The average Bonchev–Trinajstić information content (AvgIpc) is 2.59. The SMILES string of the molecule is Cc1sc(C(Cl)c2ccccc2Cl)cc1Br. The smallest absolute Gasteiger partial charge is 0.0942 e. The van der Waals surface area contributed by atoms with Crippen molar-refractivity contribution in [3.05, 3.63) is 55.1 Å². The summed E-state index contributed by atoms with van der Waals surface area (Å²) in [6.07, 6.45) is 0. The molecule has 0 saturated heterocycles. The van der Waals surface area contributed by atoms with E-state index in [9.17, 15) is 0 Å². The lowest BCUT2D eigenvalue weighted by atomic mass is 10.1. The molecule has 0 saturated carbocycles. The fourth-order valence-corrected chi connectivity index (χ4v) is 3.69. The van der Waals surface area contributed by atoms with Gasteiger partial charge in [0.25, 0.3) is 0 Å². The van der Waals surface area contributed by atoms with Gasteiger partial charge in [0.2, 0.25) is 0 Å². The number of thiophene rings is 1. The number of rotatable bonds is 2. The van der Waals surface area contributed by atoms with Crippen molar-refractivity contribution in [2.24, 2.45) is 0 Å². The van der Waals surface area contributed by atoms with Crippen molar-refractivity contribution in [2.75, 3.05) is 0 Å². The third-order valence-electron chi connectivity index (χ3n) is 2.30. The van der Waals surface area contributed by atoms with E-state index in [-0.39, 0.29) is 5.38 Å². The van der Waals surface area contributed by atoms with Gasteiger partial charge in [-0.2, -0.15) is 0 Å². The number of halogens is 3. The first-order chi connectivity index (χ1) is 7.59. The summed E-state index contributed by atoms with van der Waals surface area (Å²) in [5.41, 5.74) is 0.958. The van der Waals surface area contributed by atoms with Crippen LogP contribution in [0.2, 0.25) is 5.02 Å². The summed E-state index contributed by atoms with van der Waals surface area (Å²) in [6, 6.07) is 9.74. The van der Waals surface area contributed by atoms with Crippen LogP contribution in [0.1, 0.15) is 20.7 Å². The Hall–Kier alpha value is -0.0200. The van der Waals surface area contributed by atoms with Gasteiger partial charge in [-0.1, -0.05) is 29.8 Å². The zero-order chi connectivity index (χ0) is 11.7. The summed E-state index contributed by atoms with van der Waals surface area (Å²) >= 11 is 17.7. The van der Waals surface area contributed by atoms with Crippen molar-refractivity contribution < 1.29 is 0 Å². The molecule has 0 radical (unpaired) electrons. The lowest BCUT2D eigenvalue weighted by Gasteiger charge is -2.09. The molecule has 0 aliphatic heterocycles. The first kappa shape index (κ1) is 12.4. The molecule has 1 aromatic carbocycles. The summed E-state index contributed by atoms with van der Waals surface area (Å²) in [5.74, 6) is 0. The number of aryl methyl sites for hydroxylation is 1. The Morgan fingerprint density at radius 3 is 2.56 bits per heavy atom. The monoisotopic (exact) mass is 334 g/mol. The van der Waals surface area contributed by atoms with E-state index in [0.717, 1.165) is 14.9 Å². The molecule has 84 valence electrons. The first-order valence-corrected chi connectivity index (χ1v) is 7.16. The molecule has 0 aliphatic carbocycles. The minimum atomic E-state index is -0.177. The number of alkyl halides is 1. The summed E-state index contributed by atoms with van der Waals surface area (Å²) in [7, 11) is 0. The van der Waals surface area contributed by atoms with E-state index in [2.05, 4.69) is 28.9 Å². The highest BCUT2D eigenvalue weighted by Gasteiger charge is 2.16. The Labute approximate surface area is 117 Å². The molecule has 2 aromatic rings. The molecule has 16 heavy (non-hydrogen) atoms. The van der Waals surface area contributed by atoms with Crippen LogP contribution >= 0.6 is 50.5 Å². The maximum absolute atomic E-state index is 6.43. The quantitative estimate of drug-likeness (QED) is 0.608. The fraction of sp³-hybridized carbons (Fsp3) is 0.167. The Balaban J connectivity index is 2.39. The van der Waals surface area contributed by atoms with Gasteiger partial charge in [-0.05, 0) is 40.5 Å². The molecular formula is C12H9BrCl2S. The van der Waals surface area contributed by atoms with Crippen LogP contribution in [0.25, 0.3) is 0 Å². The zero-order valence-electron chi connectivity index (χ0n) is 8.51. The maximum Gasteiger partial charge on any atom is 0.0942 e. The van der Waals surface area contributed by atoms with E-state index in [0.29, 0.717) is 5.02 Å². The van der Waals surface area contributed by atoms with E-state index >= 15 is 0 Å². The summed E-state index contributed by atoms with van der Waals surface area (Å²) in [6.45, 7) is 2.06. The van der Waals surface area contributed by atoms with Gasteiger partial charge in [-0.3, -0.25) is 0 Å². The van der Waals surface area contributed by atoms with Crippen LogP contribution in [0.15, 0.2) is 34.8 Å². The van der Waals surface area contributed by atoms with Gasteiger partial charge in [0.15, 0.2) is 0 Å². The van der Waals surface area contributed by atoms with E-state index in [1.807, 2.05) is 24.3 Å². The summed E-state index contributed by atoms with van der Waals surface area (Å²) in [4.78, 5) is 2.34. The van der Waals surface area contributed by atoms with Crippen molar-refractivity contribution in [1.82, 2.24) is 0 Å². The third-order valence-corrected chi connectivity index (χ3v) is 5.45. The molecular weight excluding hydrogens is 327 g/mol. The highest BCUT2D eigenvalue weighted by atomic mass is 79.9. The van der Waals surface area contributed by atoms with Gasteiger partial charge in [0.1, 0.15) is 0 Å². The van der Waals surface area contributed by atoms with Crippen molar-refractivity contribution >= 4 is 50.5 Å². The van der Waals surface area contributed by atoms with E-state index in [1.54, 1.807) is 11.3 Å². The molecule has 1 atom stereocenters. The van der Waals surface area contributed by atoms with Gasteiger partial charge < -0.3 is 0 Å². The van der Waals surface area contributed by atoms with Crippen LogP contribution in [-0.4, -0.2) is 0 Å². The fourth-order valence-electron chi connectivity index (χ4n) is 1.44. The maximum atomic E-state index is 6.43. The highest BCUT2D eigenvalue weighted by molar-refractivity contribution is 9.10. The zero-order valence-corrected chi connectivity index (χ0v) is 12.4. The highest BCUT2D eigenvalue weighted by Crippen LogP contribution is 2.39. The van der Waals surface area contributed by atoms with Crippen molar-refractivity contribution in [1.29, 1.82) is 0 Å². The lowest BCUT2D eigenvalue weighted by Crippen LogP contribution is -1.90. The van der Waals surface area contributed by atoms with Crippen LogP contribution in [-0.2, 0) is 0 Å². The van der Waals surface area contributed by atoms with Crippen molar-refractivity contribution in [2.45, 2.75) is 12.3 Å². The van der Waals surface area contributed by atoms with Gasteiger partial charge >= 0.3 is 0 Å². The molecule has 0 spiro atoms. The molecule has 1 unspecified atom stereocenters. The molecule has 1 aromatic heterocycles. The molecule has 0 amide bonds. The Kier molecular flexibility index (Phi) is 3.96. The summed E-state index contributed by atoms with van der Waals surface area (Å²) in [5, 5.41) is 0.536. The van der Waals surface area contributed by atoms with Crippen LogP contribution in [0, 0.1) is 6.92 Å². The predicted molar refractivity (Wildman–Crippen MR) is 75.9 cm³/mol. The predicted octanol–water partition coefficient (Wildman–Crippen LogP) is 5.80. The minimum absolute atomic E-state index is 0.177. The van der Waals surface area contributed by atoms with Crippen LogP contribution < -0.4 is 0 Å². The minimum Gasteiger partial charge on any atom is -0.143 e. The number of benzene rings is 1. The molecule has 0 N–H and O–H groups in total. The largest absolute Gasteiger partial charge is 0.143 e. The standard InChI is InChI=1S/C12H9BrCl2S/c1-7-9(13)6-11(16-7)12(15)8-4-2-3-5-10(8)14/h2-6,12H,1H3. The first-order valence-electron chi connectivity index (χ1n) is 4.74. The molecule has 2 rings (SSSR count). The number of hydrogen-bond acceptors (Lipinski definition) is 1. The van der Waals surface area contributed by atoms with Gasteiger partial charge in [-0.25, -0.2) is 0 Å². The van der Waals surface area contributed by atoms with E-state index in [4.69, 9.17) is 23.2 Å². The summed E-state index contributed by atoms with van der Waals surface area (Å²) < 4.78 is 1.10. The molecule has 0 bridgehead atoms. The van der Waals surface area contributed by atoms with Crippen molar-refractivity contribution in [3.63, 3.8) is 0 Å². The van der Waals surface area contributed by atoms with Crippen LogP contribution in [0.5, 0.6) is 0 Å². The van der Waals surface area contributed by atoms with E-state index < -0.39 is 0 Å². The van der Waals surface area contributed by atoms with Crippen LogP contribution in [0.3, 0.4) is 0 Å². The molecule has 0 nitrogen and oxygen atoms in total. The second kappa shape index (κ2) is 5.09. The Morgan fingerprint density at radius 1 is 1.31 bits per heavy atom. The lowest BCUT2D eigenvalue weighted by molar-refractivity contribution is 1.18. The Bertz CT molecular complexity index is 488. The topological polar surface area (TPSA) is 0 Å². The second-order valence-corrected chi connectivity index (χ2v) is 6.42. The normalized spacial score (nSPS) is 12.8. The molecule has 4 heteroatoms. The molecule has 0 aliphatic rings. The second-order valence-electron chi connectivity index (χ2n) is 3.44. The van der Waals surface area contributed by atoms with Crippen LogP contribution in [0.4, 0.5) is 0 Å². The van der Waals surface area contributed by atoms with Crippen molar-refractivity contribution in [3.8, 4) is 0 Å². The van der Waals surface area contributed by atoms with Gasteiger partial charge in [-0.15, -0.1) is 22.9 Å². The molecule has 0 fully saturated rings. The number of hydrogen-bond donors (Lipinski definition) is 0.